The summed E-state index contributed by atoms with van der Waals surface area (Å²) in [5.74, 6) is -0.128. The van der Waals surface area contributed by atoms with E-state index in [4.69, 9.17) is 18.0 Å². The molecule has 1 heterocycles. The zero-order valence-electron chi connectivity index (χ0n) is 9.83. The smallest absolute Gasteiger partial charge is 0.389 e. The van der Waals surface area contributed by atoms with Gasteiger partial charge in [-0.3, -0.25) is 4.79 Å². The SMILES string of the molecule is NC(=S)c1cc(C(F)(F)F)ccc1N1CCCC1=O. The van der Waals surface area contributed by atoms with E-state index < -0.39 is 11.7 Å². The van der Waals surface area contributed by atoms with Crippen molar-refractivity contribution in [1.29, 1.82) is 0 Å². The van der Waals surface area contributed by atoms with Crippen LogP contribution in [0.25, 0.3) is 0 Å². The standard InChI is InChI=1S/C12H11F3N2OS/c13-12(14,15)7-3-4-9(8(6-7)11(16)19)17-5-1-2-10(17)18/h3-4,6H,1-2,5H2,(H2,16,19). The molecule has 1 aromatic carbocycles. The predicted octanol–water partition coefficient (Wildman–Crippen LogP) is 2.47. The number of carbonyl (C=O) groups is 1. The maximum atomic E-state index is 12.7. The molecule has 0 atom stereocenters. The zero-order chi connectivity index (χ0) is 14.2. The van der Waals surface area contributed by atoms with E-state index in [1.165, 1.54) is 11.0 Å². The highest BCUT2D eigenvalue weighted by atomic mass is 32.1. The van der Waals surface area contributed by atoms with Gasteiger partial charge < -0.3 is 10.6 Å². The lowest BCUT2D eigenvalue weighted by atomic mass is 10.1. The Morgan fingerprint density at radius 3 is 2.53 bits per heavy atom. The molecule has 0 unspecified atom stereocenters. The minimum atomic E-state index is -4.47. The molecule has 1 aromatic rings. The van der Waals surface area contributed by atoms with Crippen LogP contribution in [-0.2, 0) is 11.0 Å². The lowest BCUT2D eigenvalue weighted by Crippen LogP contribution is -2.27. The average Bonchev–Trinajstić information content (AvgIpc) is 2.73. The lowest BCUT2D eigenvalue weighted by Gasteiger charge is -2.20. The molecule has 1 aliphatic heterocycles. The zero-order valence-corrected chi connectivity index (χ0v) is 10.6. The van der Waals surface area contributed by atoms with E-state index in [1.807, 2.05) is 0 Å². The predicted molar refractivity (Wildman–Crippen MR) is 68.9 cm³/mol. The molecule has 0 spiro atoms. The van der Waals surface area contributed by atoms with Gasteiger partial charge in [0.1, 0.15) is 4.99 Å². The van der Waals surface area contributed by atoms with Gasteiger partial charge in [0.25, 0.3) is 0 Å². The Morgan fingerprint density at radius 1 is 1.37 bits per heavy atom. The van der Waals surface area contributed by atoms with Crippen LogP contribution in [-0.4, -0.2) is 17.4 Å². The van der Waals surface area contributed by atoms with Gasteiger partial charge in [0, 0.05) is 18.5 Å². The van der Waals surface area contributed by atoms with Gasteiger partial charge in [0.15, 0.2) is 0 Å². The van der Waals surface area contributed by atoms with Gasteiger partial charge in [-0.1, -0.05) is 12.2 Å². The quantitative estimate of drug-likeness (QED) is 0.850. The normalized spacial score (nSPS) is 15.9. The van der Waals surface area contributed by atoms with Crippen molar-refractivity contribution in [3.05, 3.63) is 29.3 Å². The lowest BCUT2D eigenvalue weighted by molar-refractivity contribution is -0.137. The number of hydrogen-bond donors (Lipinski definition) is 1. The summed E-state index contributed by atoms with van der Waals surface area (Å²) in [5, 5.41) is 0. The van der Waals surface area contributed by atoms with E-state index in [0.29, 0.717) is 25.1 Å². The van der Waals surface area contributed by atoms with Crippen molar-refractivity contribution < 1.29 is 18.0 Å². The molecular weight excluding hydrogens is 277 g/mol. The number of alkyl halides is 3. The van der Waals surface area contributed by atoms with Crippen LogP contribution in [0.4, 0.5) is 18.9 Å². The van der Waals surface area contributed by atoms with Crippen molar-refractivity contribution in [2.75, 3.05) is 11.4 Å². The highest BCUT2D eigenvalue weighted by Gasteiger charge is 2.32. The fraction of sp³-hybridized carbons (Fsp3) is 0.333. The Hall–Kier alpha value is -1.63. The van der Waals surface area contributed by atoms with Gasteiger partial charge in [-0.25, -0.2) is 0 Å². The van der Waals surface area contributed by atoms with Crippen molar-refractivity contribution in [1.82, 2.24) is 0 Å². The number of nitrogens with zero attached hydrogens (tertiary/aromatic N) is 1. The number of amides is 1. The van der Waals surface area contributed by atoms with Crippen molar-refractivity contribution in [2.24, 2.45) is 5.73 Å². The van der Waals surface area contributed by atoms with Crippen LogP contribution in [0.1, 0.15) is 24.0 Å². The van der Waals surface area contributed by atoms with Gasteiger partial charge in [-0.2, -0.15) is 13.2 Å². The summed E-state index contributed by atoms with van der Waals surface area (Å²) in [5.41, 5.74) is 5.07. The fourth-order valence-electron chi connectivity index (χ4n) is 2.05. The first kappa shape index (κ1) is 13.8. The molecule has 2 rings (SSSR count). The minimum Gasteiger partial charge on any atom is -0.389 e. The molecule has 7 heteroatoms. The van der Waals surface area contributed by atoms with Gasteiger partial charge in [-0.15, -0.1) is 0 Å². The molecule has 2 N–H and O–H groups in total. The molecule has 0 saturated carbocycles. The van der Waals surface area contributed by atoms with Crippen LogP contribution >= 0.6 is 12.2 Å². The second kappa shape index (κ2) is 4.80. The average molecular weight is 288 g/mol. The second-order valence-corrected chi connectivity index (χ2v) is 4.68. The maximum Gasteiger partial charge on any atom is 0.416 e. The van der Waals surface area contributed by atoms with E-state index in [9.17, 15) is 18.0 Å². The van der Waals surface area contributed by atoms with Crippen LogP contribution in [0.2, 0.25) is 0 Å². The van der Waals surface area contributed by atoms with E-state index in [1.54, 1.807) is 0 Å². The first-order valence-electron chi connectivity index (χ1n) is 5.62. The number of rotatable bonds is 2. The number of halogens is 3. The topological polar surface area (TPSA) is 46.3 Å². The van der Waals surface area contributed by atoms with Gasteiger partial charge in [0.05, 0.1) is 11.3 Å². The second-order valence-electron chi connectivity index (χ2n) is 4.24. The summed E-state index contributed by atoms with van der Waals surface area (Å²) in [4.78, 5) is 12.9. The summed E-state index contributed by atoms with van der Waals surface area (Å²) >= 11 is 4.78. The first-order valence-corrected chi connectivity index (χ1v) is 6.03. The van der Waals surface area contributed by atoms with Crippen LogP contribution in [0.3, 0.4) is 0 Å². The van der Waals surface area contributed by atoms with Crippen molar-refractivity contribution >= 4 is 28.8 Å². The first-order chi connectivity index (χ1) is 8.80. The Labute approximate surface area is 113 Å². The number of benzene rings is 1. The van der Waals surface area contributed by atoms with Gasteiger partial charge in [0.2, 0.25) is 5.91 Å². The van der Waals surface area contributed by atoms with Gasteiger partial charge >= 0.3 is 6.18 Å². The number of nitrogens with two attached hydrogens (primary N) is 1. The highest BCUT2D eigenvalue weighted by molar-refractivity contribution is 7.80. The van der Waals surface area contributed by atoms with E-state index in [-0.39, 0.29) is 16.5 Å². The van der Waals surface area contributed by atoms with Crippen LogP contribution in [0.5, 0.6) is 0 Å². The summed E-state index contributed by atoms with van der Waals surface area (Å²) in [6.45, 7) is 0.472. The third-order valence-corrected chi connectivity index (χ3v) is 3.17. The summed E-state index contributed by atoms with van der Waals surface area (Å²) in [6, 6.07) is 3.08. The molecule has 3 nitrogen and oxygen atoms in total. The largest absolute Gasteiger partial charge is 0.416 e. The molecule has 0 radical (unpaired) electrons. The van der Waals surface area contributed by atoms with Crippen molar-refractivity contribution in [2.45, 2.75) is 19.0 Å². The molecule has 0 bridgehead atoms. The Morgan fingerprint density at radius 2 is 2.05 bits per heavy atom. The Bertz CT molecular complexity index is 542. The highest BCUT2D eigenvalue weighted by Crippen LogP contribution is 2.34. The third kappa shape index (κ3) is 2.70. The summed E-state index contributed by atoms with van der Waals surface area (Å²) < 4.78 is 38.0. The van der Waals surface area contributed by atoms with E-state index in [0.717, 1.165) is 12.1 Å². The number of hydrogen-bond acceptors (Lipinski definition) is 2. The number of anilines is 1. The third-order valence-electron chi connectivity index (χ3n) is 2.95. The van der Waals surface area contributed by atoms with Crippen LogP contribution in [0, 0.1) is 0 Å². The molecule has 19 heavy (non-hydrogen) atoms. The fourth-order valence-corrected chi connectivity index (χ4v) is 2.21. The summed E-state index contributed by atoms with van der Waals surface area (Å²) in [7, 11) is 0. The molecule has 1 aliphatic rings. The molecular formula is C12H11F3N2OS. The van der Waals surface area contributed by atoms with E-state index >= 15 is 0 Å². The molecule has 1 amide bonds. The molecule has 0 aliphatic carbocycles. The summed E-state index contributed by atoms with van der Waals surface area (Å²) in [6.07, 6.45) is -3.40. The Balaban J connectivity index is 2.50. The monoisotopic (exact) mass is 288 g/mol. The number of thiocarbonyl (C=S) groups is 1. The van der Waals surface area contributed by atoms with Crippen molar-refractivity contribution in [3.8, 4) is 0 Å². The van der Waals surface area contributed by atoms with Crippen LogP contribution in [0.15, 0.2) is 18.2 Å². The Kier molecular flexibility index (Phi) is 3.49. The minimum absolute atomic E-state index is 0.0834. The maximum absolute atomic E-state index is 12.7. The van der Waals surface area contributed by atoms with Crippen molar-refractivity contribution in [3.63, 3.8) is 0 Å². The van der Waals surface area contributed by atoms with E-state index in [2.05, 4.69) is 0 Å². The van der Waals surface area contributed by atoms with Crippen LogP contribution < -0.4 is 10.6 Å². The number of carbonyl (C=O) groups excluding carboxylic acids is 1. The molecule has 0 aromatic heterocycles. The molecule has 102 valence electrons. The molecule has 1 fully saturated rings. The molecule has 1 saturated heterocycles. The van der Waals surface area contributed by atoms with Gasteiger partial charge in [-0.05, 0) is 24.6 Å².